The summed E-state index contributed by atoms with van der Waals surface area (Å²) in [5, 5.41) is 8.91. The van der Waals surface area contributed by atoms with Gasteiger partial charge in [0.15, 0.2) is 6.10 Å². The summed E-state index contributed by atoms with van der Waals surface area (Å²) in [5.41, 5.74) is 0. The number of carbonyl (C=O) groups excluding carboxylic acids is 1. The molecule has 0 fully saturated rings. The van der Waals surface area contributed by atoms with Gasteiger partial charge in [0.25, 0.3) is 0 Å². The maximum Gasteiger partial charge on any atom is 0.307 e. The maximum atomic E-state index is 11.8. The molecule has 0 aliphatic heterocycles. The van der Waals surface area contributed by atoms with Crippen molar-refractivity contribution in [1.82, 2.24) is 0 Å². The summed E-state index contributed by atoms with van der Waals surface area (Å²) in [5.74, 6) is -0.472. The molecule has 0 bridgehead atoms. The molecule has 0 spiro atoms. The van der Waals surface area contributed by atoms with Crippen LogP contribution in [-0.4, -0.2) is 55.3 Å². The number of hydrogen-bond acceptors (Lipinski definition) is 3. The number of rotatable bonds is 12. The van der Waals surface area contributed by atoms with E-state index in [1.54, 1.807) is 0 Å². The minimum absolute atomic E-state index is 0.129. The van der Waals surface area contributed by atoms with Gasteiger partial charge in [-0.3, -0.25) is 9.59 Å². The van der Waals surface area contributed by atoms with E-state index in [9.17, 15) is 9.59 Å². The van der Waals surface area contributed by atoms with Crippen molar-refractivity contribution >= 4 is 11.9 Å². The molecule has 0 aromatic carbocycles. The van der Waals surface area contributed by atoms with Crippen molar-refractivity contribution < 1.29 is 23.9 Å². The third-order valence-electron chi connectivity index (χ3n) is 3.36. The second kappa shape index (κ2) is 10.6. The van der Waals surface area contributed by atoms with E-state index in [1.807, 2.05) is 21.1 Å². The van der Waals surface area contributed by atoms with E-state index in [1.165, 1.54) is 12.8 Å². The van der Waals surface area contributed by atoms with Gasteiger partial charge in [0.05, 0.1) is 27.6 Å². The summed E-state index contributed by atoms with van der Waals surface area (Å²) >= 11 is 0. The summed E-state index contributed by atoms with van der Waals surface area (Å²) in [7, 11) is 5.87. The molecule has 5 heteroatoms. The number of carboxylic acids is 1. The van der Waals surface area contributed by atoms with Gasteiger partial charge < -0.3 is 14.3 Å². The zero-order chi connectivity index (χ0) is 17.2. The van der Waals surface area contributed by atoms with Crippen molar-refractivity contribution in [1.29, 1.82) is 0 Å². The number of unbranched alkanes of at least 4 members (excludes halogenated alkanes) is 3. The van der Waals surface area contributed by atoms with Crippen molar-refractivity contribution in [3.63, 3.8) is 0 Å². The molecule has 0 rings (SSSR count). The number of nitrogens with zero attached hydrogens (tertiary/aromatic N) is 1. The lowest BCUT2D eigenvalue weighted by Gasteiger charge is -2.28. The Balaban J connectivity index is 3.99. The van der Waals surface area contributed by atoms with E-state index in [4.69, 9.17) is 9.84 Å². The molecule has 0 heterocycles. The number of likely N-dealkylation sites (N-methyl/N-ethyl adjacent to an activating group) is 1. The molecule has 1 atom stereocenters. The first-order chi connectivity index (χ1) is 10.1. The molecule has 1 unspecified atom stereocenters. The lowest BCUT2D eigenvalue weighted by atomic mass is 10.0. The topological polar surface area (TPSA) is 63.6 Å². The van der Waals surface area contributed by atoms with Crippen LogP contribution in [0.5, 0.6) is 0 Å². The maximum absolute atomic E-state index is 11.8. The van der Waals surface area contributed by atoms with Gasteiger partial charge in [0.2, 0.25) is 0 Å². The largest absolute Gasteiger partial charge is 0.481 e. The quantitative estimate of drug-likeness (QED) is 0.341. The number of carbonyl (C=O) groups is 2. The number of quaternary nitrogens is 1. The fourth-order valence-electron chi connectivity index (χ4n) is 2.37. The second-order valence-corrected chi connectivity index (χ2v) is 7.53. The standard InChI is InChI=1S/C17H33NO4/c1-14(2)10-8-6-7-9-11-17(21)22-15(12-16(19)20)13-18(3,4)5/h14-15H,6-13H2,1-5H3/p+1. The van der Waals surface area contributed by atoms with Crippen LogP contribution < -0.4 is 0 Å². The molecule has 0 amide bonds. The van der Waals surface area contributed by atoms with Gasteiger partial charge in [0.1, 0.15) is 6.54 Å². The monoisotopic (exact) mass is 316 g/mol. The molecule has 5 nitrogen and oxygen atoms in total. The SMILES string of the molecule is CC(C)CCCCCCC(=O)OC(CC(=O)O)C[N+](C)(C)C. The zero-order valence-corrected chi connectivity index (χ0v) is 14.9. The van der Waals surface area contributed by atoms with Crippen molar-refractivity contribution in [2.24, 2.45) is 5.92 Å². The van der Waals surface area contributed by atoms with Crippen molar-refractivity contribution in [2.75, 3.05) is 27.7 Å². The zero-order valence-electron chi connectivity index (χ0n) is 14.9. The van der Waals surface area contributed by atoms with Crippen LogP contribution in [0.2, 0.25) is 0 Å². The van der Waals surface area contributed by atoms with Crippen LogP contribution in [0.1, 0.15) is 58.8 Å². The van der Waals surface area contributed by atoms with Crippen molar-refractivity contribution in [3.05, 3.63) is 0 Å². The number of ether oxygens (including phenoxy) is 1. The average Bonchev–Trinajstić information content (AvgIpc) is 2.29. The average molecular weight is 316 g/mol. The first-order valence-corrected chi connectivity index (χ1v) is 8.32. The Morgan fingerprint density at radius 3 is 2.14 bits per heavy atom. The molecule has 0 aromatic heterocycles. The van der Waals surface area contributed by atoms with Gasteiger partial charge in [-0.05, 0) is 12.3 Å². The molecule has 22 heavy (non-hydrogen) atoms. The molecular weight excluding hydrogens is 282 g/mol. The molecule has 130 valence electrons. The summed E-state index contributed by atoms with van der Waals surface area (Å²) in [6.45, 7) is 4.94. The second-order valence-electron chi connectivity index (χ2n) is 7.53. The number of hydrogen-bond donors (Lipinski definition) is 1. The van der Waals surface area contributed by atoms with E-state index >= 15 is 0 Å². The van der Waals surface area contributed by atoms with E-state index in [2.05, 4.69) is 13.8 Å². The predicted octanol–water partition coefficient (Wildman–Crippen LogP) is 3.08. The summed E-state index contributed by atoms with van der Waals surface area (Å²) in [6.07, 6.45) is 5.13. The van der Waals surface area contributed by atoms with E-state index in [0.717, 1.165) is 25.2 Å². The minimum Gasteiger partial charge on any atom is -0.481 e. The number of carboxylic acid groups (broad SMARTS) is 1. The third-order valence-corrected chi connectivity index (χ3v) is 3.36. The Morgan fingerprint density at radius 2 is 1.64 bits per heavy atom. The van der Waals surface area contributed by atoms with Gasteiger partial charge in [-0.25, -0.2) is 0 Å². The molecule has 0 saturated heterocycles. The summed E-state index contributed by atoms with van der Waals surface area (Å²) in [4.78, 5) is 22.7. The lowest BCUT2D eigenvalue weighted by Crippen LogP contribution is -2.43. The van der Waals surface area contributed by atoms with Crippen molar-refractivity contribution in [3.8, 4) is 0 Å². The number of aliphatic carboxylic acids is 1. The smallest absolute Gasteiger partial charge is 0.307 e. The van der Waals surface area contributed by atoms with Crippen LogP contribution in [-0.2, 0) is 14.3 Å². The molecular formula is C17H34NO4+. The highest BCUT2D eigenvalue weighted by atomic mass is 16.5. The van der Waals surface area contributed by atoms with E-state index in [0.29, 0.717) is 17.4 Å². The van der Waals surface area contributed by atoms with E-state index < -0.39 is 12.1 Å². The molecule has 0 radical (unpaired) electrons. The van der Waals surface area contributed by atoms with Crippen LogP contribution in [0.3, 0.4) is 0 Å². The highest BCUT2D eigenvalue weighted by molar-refractivity contribution is 5.71. The van der Waals surface area contributed by atoms with Gasteiger partial charge in [-0.2, -0.15) is 0 Å². The Labute approximate surface area is 135 Å². The first-order valence-electron chi connectivity index (χ1n) is 8.32. The first kappa shape index (κ1) is 20.9. The molecule has 0 aliphatic rings. The van der Waals surface area contributed by atoms with Crippen LogP contribution in [0.25, 0.3) is 0 Å². The van der Waals surface area contributed by atoms with Gasteiger partial charge in [-0.1, -0.05) is 39.5 Å². The molecule has 0 aliphatic carbocycles. The fraction of sp³-hybridized carbons (Fsp3) is 0.882. The van der Waals surface area contributed by atoms with Gasteiger partial charge in [0, 0.05) is 6.42 Å². The summed E-state index contributed by atoms with van der Waals surface area (Å²) in [6, 6.07) is 0. The molecule has 0 aromatic rings. The predicted molar refractivity (Wildman–Crippen MR) is 87.6 cm³/mol. The molecule has 0 saturated carbocycles. The normalized spacial score (nSPS) is 13.2. The Hall–Kier alpha value is -1.10. The Kier molecular flexibility index (Phi) is 10.1. The van der Waals surface area contributed by atoms with Crippen LogP contribution in [0, 0.1) is 5.92 Å². The number of esters is 1. The lowest BCUT2D eigenvalue weighted by molar-refractivity contribution is -0.873. The Bertz CT molecular complexity index is 334. The van der Waals surface area contributed by atoms with Crippen LogP contribution in [0.15, 0.2) is 0 Å². The highest BCUT2D eigenvalue weighted by Crippen LogP contribution is 2.12. The van der Waals surface area contributed by atoms with Crippen molar-refractivity contribution in [2.45, 2.75) is 64.9 Å². The highest BCUT2D eigenvalue weighted by Gasteiger charge is 2.24. The fourth-order valence-corrected chi connectivity index (χ4v) is 2.37. The minimum atomic E-state index is -0.931. The van der Waals surface area contributed by atoms with Gasteiger partial charge >= 0.3 is 11.9 Å². The Morgan fingerprint density at radius 1 is 1.05 bits per heavy atom. The van der Waals surface area contributed by atoms with Crippen LogP contribution >= 0.6 is 0 Å². The van der Waals surface area contributed by atoms with Gasteiger partial charge in [-0.15, -0.1) is 0 Å². The van der Waals surface area contributed by atoms with Crippen LogP contribution in [0.4, 0.5) is 0 Å². The molecule has 1 N–H and O–H groups in total. The third kappa shape index (κ3) is 13.9. The van der Waals surface area contributed by atoms with E-state index in [-0.39, 0.29) is 12.4 Å². The summed E-state index contributed by atoms with van der Waals surface area (Å²) < 4.78 is 5.92.